The predicted octanol–water partition coefficient (Wildman–Crippen LogP) is 6.64. The zero-order valence-corrected chi connectivity index (χ0v) is 23.2. The summed E-state index contributed by atoms with van der Waals surface area (Å²) >= 11 is 0. The predicted molar refractivity (Wildman–Crippen MR) is 139 cm³/mol. The molecule has 0 bridgehead atoms. The molecule has 0 radical (unpaired) electrons. The van der Waals surface area contributed by atoms with Crippen molar-refractivity contribution in [3.63, 3.8) is 0 Å². The first-order valence-electron chi connectivity index (χ1n) is 11.3. The van der Waals surface area contributed by atoms with Crippen LogP contribution in [-0.4, -0.2) is 27.9 Å². The van der Waals surface area contributed by atoms with Crippen LogP contribution in [0.4, 0.5) is 26.3 Å². The van der Waals surface area contributed by atoms with Crippen LogP contribution in [0.3, 0.4) is 0 Å². The van der Waals surface area contributed by atoms with Crippen LogP contribution in [0.25, 0.3) is 0 Å². The Balaban J connectivity index is 1.39. The lowest BCUT2D eigenvalue weighted by Gasteiger charge is -2.09. The van der Waals surface area contributed by atoms with Crippen molar-refractivity contribution in [2.75, 3.05) is 0 Å². The number of alkyl halides is 6. The van der Waals surface area contributed by atoms with E-state index in [1.807, 2.05) is 0 Å². The fraction of sp³-hybridized carbons (Fsp3) is 0.0769. The molecule has 0 spiro atoms. The number of sulfone groups is 2. The second-order valence-corrected chi connectivity index (χ2v) is 13.8. The van der Waals surface area contributed by atoms with Crippen molar-refractivity contribution in [3.05, 3.63) is 97.1 Å². The van der Waals surface area contributed by atoms with Crippen molar-refractivity contribution in [1.29, 1.82) is 0 Å². The zero-order chi connectivity index (χ0) is 30.9. The summed E-state index contributed by atoms with van der Waals surface area (Å²) in [7, 11) is -13.1. The van der Waals surface area contributed by atoms with Gasteiger partial charge in [0.2, 0.25) is 0 Å². The number of halogens is 6. The lowest BCUT2D eigenvalue weighted by molar-refractivity contribution is -0.0442. The van der Waals surface area contributed by atoms with Gasteiger partial charge >= 0.3 is 18.8 Å². The molecule has 220 valence electrons. The standard InChI is InChI=1S/C26H16F6O7PS2/c27-25(28,29)41(34,35)23-13-5-19(6-14-23)38-17-1-9-21(10-2-17)40(33)22-11-3-18(4-12-22)39-20-7-15-24(16-8-20)42(36,37)26(30,31)32/h1-16H/q+1. The van der Waals surface area contributed by atoms with Crippen molar-refractivity contribution in [2.45, 2.75) is 20.8 Å². The van der Waals surface area contributed by atoms with Crippen LogP contribution in [0.2, 0.25) is 0 Å². The molecule has 42 heavy (non-hydrogen) atoms. The third kappa shape index (κ3) is 6.58. The van der Waals surface area contributed by atoms with Crippen molar-refractivity contribution in [1.82, 2.24) is 0 Å². The summed E-state index contributed by atoms with van der Waals surface area (Å²) in [6.45, 7) is 0. The fourth-order valence-corrected chi connectivity index (χ4v) is 6.02. The summed E-state index contributed by atoms with van der Waals surface area (Å²) in [5.41, 5.74) is -10.9. The quantitative estimate of drug-likeness (QED) is 0.156. The lowest BCUT2D eigenvalue weighted by Crippen LogP contribution is -2.23. The van der Waals surface area contributed by atoms with Gasteiger partial charge in [0.05, 0.1) is 9.79 Å². The third-order valence-corrected chi connectivity index (χ3v) is 10.0. The van der Waals surface area contributed by atoms with Crippen molar-refractivity contribution in [3.8, 4) is 23.0 Å². The van der Waals surface area contributed by atoms with E-state index < -0.39 is 48.3 Å². The van der Waals surface area contributed by atoms with E-state index in [2.05, 4.69) is 0 Å². The van der Waals surface area contributed by atoms with Crippen LogP contribution in [-0.2, 0) is 24.2 Å². The molecule has 7 nitrogen and oxygen atoms in total. The zero-order valence-electron chi connectivity index (χ0n) is 20.6. The average Bonchev–Trinajstić information content (AvgIpc) is 2.93. The molecule has 4 rings (SSSR count). The van der Waals surface area contributed by atoms with E-state index in [9.17, 15) is 47.7 Å². The molecular formula is C26H16F6O7PS2+. The second-order valence-electron chi connectivity index (χ2n) is 8.33. The number of benzene rings is 4. The molecule has 0 aliphatic heterocycles. The third-order valence-electron chi connectivity index (χ3n) is 5.49. The molecule has 4 aromatic rings. The van der Waals surface area contributed by atoms with Gasteiger partial charge < -0.3 is 9.47 Å². The molecule has 0 saturated heterocycles. The van der Waals surface area contributed by atoms with Crippen molar-refractivity contribution < 1.29 is 57.2 Å². The van der Waals surface area contributed by atoms with Gasteiger partial charge in [0, 0.05) is 0 Å². The van der Waals surface area contributed by atoms with E-state index in [0.29, 0.717) is 10.6 Å². The number of rotatable bonds is 8. The van der Waals surface area contributed by atoms with E-state index in [4.69, 9.17) is 9.47 Å². The van der Waals surface area contributed by atoms with Crippen LogP contribution < -0.4 is 20.1 Å². The molecule has 0 heterocycles. The second kappa shape index (κ2) is 11.4. The van der Waals surface area contributed by atoms with E-state index in [-0.39, 0.29) is 23.0 Å². The molecule has 0 aliphatic carbocycles. The monoisotopic (exact) mass is 649 g/mol. The van der Waals surface area contributed by atoms with Crippen molar-refractivity contribution >= 4 is 38.1 Å². The topological polar surface area (TPSA) is 104 Å². The Morgan fingerprint density at radius 2 is 0.690 bits per heavy atom. The number of ether oxygens (including phenoxy) is 2. The number of hydrogen-bond acceptors (Lipinski definition) is 7. The molecule has 0 N–H and O–H groups in total. The summed E-state index contributed by atoms with van der Waals surface area (Å²) in [4.78, 5) is -1.86. The van der Waals surface area contributed by atoms with Gasteiger partial charge in [-0.25, -0.2) is 16.8 Å². The van der Waals surface area contributed by atoms with Crippen LogP contribution in [0, 0.1) is 0 Å². The lowest BCUT2D eigenvalue weighted by atomic mass is 10.3. The van der Waals surface area contributed by atoms with Crippen LogP contribution in [0.1, 0.15) is 0 Å². The Morgan fingerprint density at radius 1 is 0.452 bits per heavy atom. The number of hydrogen-bond donors (Lipinski definition) is 0. The molecule has 0 saturated carbocycles. The molecule has 0 aromatic heterocycles. The molecular weight excluding hydrogens is 633 g/mol. The minimum atomic E-state index is -5.49. The Bertz CT molecular complexity index is 1670. The molecule has 0 unspecified atom stereocenters. The Morgan fingerprint density at radius 3 is 0.929 bits per heavy atom. The maximum atomic E-state index is 13.0. The van der Waals surface area contributed by atoms with Crippen molar-refractivity contribution in [2.24, 2.45) is 0 Å². The Hall–Kier alpha value is -3.94. The highest BCUT2D eigenvalue weighted by Gasteiger charge is 2.47. The van der Waals surface area contributed by atoms with Gasteiger partial charge in [0.15, 0.2) is 10.6 Å². The van der Waals surface area contributed by atoms with E-state index >= 15 is 0 Å². The summed E-state index contributed by atoms with van der Waals surface area (Å²) in [6, 6.07) is 19.2. The van der Waals surface area contributed by atoms with Gasteiger partial charge in [-0.1, -0.05) is 4.57 Å². The molecule has 0 amide bonds. The first-order valence-corrected chi connectivity index (χ1v) is 15.6. The van der Waals surface area contributed by atoms with E-state index in [0.717, 1.165) is 48.5 Å². The average molecular weight is 650 g/mol. The highest BCUT2D eigenvalue weighted by atomic mass is 32.2. The highest BCUT2D eigenvalue weighted by molar-refractivity contribution is 7.92. The molecule has 16 heteroatoms. The Kier molecular flexibility index (Phi) is 8.40. The van der Waals surface area contributed by atoms with E-state index in [1.54, 1.807) is 0 Å². The van der Waals surface area contributed by atoms with Crippen LogP contribution in [0.15, 0.2) is 107 Å². The minimum absolute atomic E-state index is 0.0699. The minimum Gasteiger partial charge on any atom is -0.457 e. The Labute approximate surface area is 236 Å². The van der Waals surface area contributed by atoms with Gasteiger partial charge in [0.25, 0.3) is 19.7 Å². The van der Waals surface area contributed by atoms with Crippen LogP contribution in [0.5, 0.6) is 23.0 Å². The summed E-state index contributed by atoms with van der Waals surface area (Å²) in [5.74, 6) is 0.624. The van der Waals surface area contributed by atoms with Gasteiger partial charge in [-0.3, -0.25) is 0 Å². The first-order chi connectivity index (χ1) is 19.5. The first kappa shape index (κ1) is 31.0. The largest absolute Gasteiger partial charge is 0.501 e. The fourth-order valence-electron chi connectivity index (χ4n) is 3.36. The molecule has 0 fully saturated rings. The van der Waals surface area contributed by atoms with E-state index in [1.165, 1.54) is 48.5 Å². The highest BCUT2D eigenvalue weighted by Crippen LogP contribution is 2.33. The SMILES string of the molecule is O=[P+](c1ccc(Oc2ccc(S(=O)(=O)C(F)(F)F)cc2)cc1)c1ccc(Oc2ccc(S(=O)(=O)C(F)(F)F)cc2)cc1. The molecule has 0 aliphatic rings. The van der Waals surface area contributed by atoms with Gasteiger partial charge in [-0.2, -0.15) is 26.3 Å². The van der Waals surface area contributed by atoms with Gasteiger partial charge in [-0.15, -0.1) is 0 Å². The smallest absolute Gasteiger partial charge is 0.457 e. The molecule has 4 aromatic carbocycles. The molecule has 0 atom stereocenters. The summed E-state index contributed by atoms with van der Waals surface area (Å²) in [5, 5.41) is 0.804. The van der Waals surface area contributed by atoms with Crippen LogP contribution >= 0.6 is 7.80 Å². The summed E-state index contributed by atoms with van der Waals surface area (Å²) < 4.78 is 146. The normalized spacial score (nSPS) is 12.5. The maximum Gasteiger partial charge on any atom is 0.501 e. The summed E-state index contributed by atoms with van der Waals surface area (Å²) in [6.07, 6.45) is 0. The maximum absolute atomic E-state index is 13.0. The van der Waals surface area contributed by atoms with Gasteiger partial charge in [-0.05, 0) is 97.1 Å². The van der Waals surface area contributed by atoms with Gasteiger partial charge in [0.1, 0.15) is 23.0 Å².